The number of nitrogens with zero attached hydrogens (tertiary/aromatic N) is 1. The van der Waals surface area contributed by atoms with Gasteiger partial charge in [0.05, 0.1) is 4.47 Å². The van der Waals surface area contributed by atoms with Gasteiger partial charge in [0.1, 0.15) is 5.75 Å². The molecule has 2 N–H and O–H groups in total. The molecule has 30 heavy (non-hydrogen) atoms. The summed E-state index contributed by atoms with van der Waals surface area (Å²) in [5, 5.41) is 0. The number of rotatable bonds is 9. The van der Waals surface area contributed by atoms with Crippen molar-refractivity contribution in [1.29, 1.82) is 0 Å². The highest BCUT2D eigenvalue weighted by Gasteiger charge is 2.16. The number of halogens is 1. The first-order valence-corrected chi connectivity index (χ1v) is 10.4. The SMILES string of the molecule is NC(=O)CCN(Cc1ccccc1)C(=O)COc1ccc(-c2ccccc2)cc1Br. The largest absolute Gasteiger partial charge is 0.483 e. The Bertz CT molecular complexity index is 994. The van der Waals surface area contributed by atoms with Crippen LogP contribution in [0.15, 0.2) is 83.3 Å². The minimum absolute atomic E-state index is 0.105. The van der Waals surface area contributed by atoms with Crippen LogP contribution in [0.2, 0.25) is 0 Å². The summed E-state index contributed by atoms with van der Waals surface area (Å²) in [5.41, 5.74) is 8.39. The Morgan fingerprint density at radius 2 is 1.57 bits per heavy atom. The van der Waals surface area contributed by atoms with Crippen LogP contribution in [-0.4, -0.2) is 29.9 Å². The Labute approximate surface area is 184 Å². The van der Waals surface area contributed by atoms with Gasteiger partial charge in [-0.1, -0.05) is 66.7 Å². The molecule has 3 aromatic carbocycles. The predicted octanol–water partition coefficient (Wildman–Crippen LogP) is 4.40. The van der Waals surface area contributed by atoms with Crippen LogP contribution in [0.1, 0.15) is 12.0 Å². The fourth-order valence-corrected chi connectivity index (χ4v) is 3.49. The molecule has 0 aliphatic rings. The number of carbonyl (C=O) groups excluding carboxylic acids is 2. The zero-order chi connectivity index (χ0) is 21.3. The fourth-order valence-electron chi connectivity index (χ4n) is 3.00. The van der Waals surface area contributed by atoms with Gasteiger partial charge >= 0.3 is 0 Å². The molecule has 2 amide bonds. The molecule has 0 heterocycles. The highest BCUT2D eigenvalue weighted by atomic mass is 79.9. The molecule has 0 radical (unpaired) electrons. The molecule has 0 fully saturated rings. The number of carbonyl (C=O) groups is 2. The number of primary amides is 1. The quantitative estimate of drug-likeness (QED) is 0.507. The van der Waals surface area contributed by atoms with E-state index in [2.05, 4.69) is 15.9 Å². The van der Waals surface area contributed by atoms with Crippen LogP contribution in [0.25, 0.3) is 11.1 Å². The zero-order valence-electron chi connectivity index (χ0n) is 16.5. The Kier molecular flexibility index (Phi) is 7.63. The van der Waals surface area contributed by atoms with Gasteiger partial charge in [0.2, 0.25) is 5.91 Å². The van der Waals surface area contributed by atoms with Gasteiger partial charge in [-0.05, 0) is 44.8 Å². The standard InChI is InChI=1S/C24H23BrN2O3/c25-21-15-20(19-9-5-2-6-10-19)11-12-22(21)30-17-24(29)27(14-13-23(26)28)16-18-7-3-1-4-8-18/h1-12,15H,13-14,16-17H2,(H2,26,28). The maximum absolute atomic E-state index is 12.8. The molecular formula is C24H23BrN2O3. The number of hydrogen-bond donors (Lipinski definition) is 1. The summed E-state index contributed by atoms with van der Waals surface area (Å²) in [4.78, 5) is 25.6. The van der Waals surface area contributed by atoms with E-state index in [1.807, 2.05) is 78.9 Å². The molecule has 0 saturated carbocycles. The Morgan fingerprint density at radius 3 is 2.20 bits per heavy atom. The van der Waals surface area contributed by atoms with Crippen molar-refractivity contribution in [2.24, 2.45) is 5.73 Å². The third-order valence-corrected chi connectivity index (χ3v) is 5.21. The summed E-state index contributed by atoms with van der Waals surface area (Å²) in [6.07, 6.45) is 0.105. The van der Waals surface area contributed by atoms with E-state index in [1.165, 1.54) is 0 Å². The molecule has 3 rings (SSSR count). The zero-order valence-corrected chi connectivity index (χ0v) is 18.0. The van der Waals surface area contributed by atoms with Crippen LogP contribution in [0, 0.1) is 0 Å². The number of ether oxygens (including phenoxy) is 1. The van der Waals surface area contributed by atoms with Crippen molar-refractivity contribution in [3.8, 4) is 16.9 Å². The highest BCUT2D eigenvalue weighted by Crippen LogP contribution is 2.30. The second-order valence-corrected chi connectivity index (χ2v) is 7.67. The highest BCUT2D eigenvalue weighted by molar-refractivity contribution is 9.10. The van der Waals surface area contributed by atoms with Crippen molar-refractivity contribution in [3.05, 3.63) is 88.9 Å². The smallest absolute Gasteiger partial charge is 0.260 e. The monoisotopic (exact) mass is 466 g/mol. The van der Waals surface area contributed by atoms with Gasteiger partial charge in [-0.3, -0.25) is 9.59 Å². The molecular weight excluding hydrogens is 444 g/mol. The molecule has 0 aromatic heterocycles. The van der Waals surface area contributed by atoms with E-state index in [-0.39, 0.29) is 25.5 Å². The van der Waals surface area contributed by atoms with Crippen LogP contribution < -0.4 is 10.5 Å². The third-order valence-electron chi connectivity index (χ3n) is 4.59. The van der Waals surface area contributed by atoms with E-state index in [4.69, 9.17) is 10.5 Å². The molecule has 6 heteroatoms. The lowest BCUT2D eigenvalue weighted by atomic mass is 10.1. The van der Waals surface area contributed by atoms with Crippen molar-refractivity contribution >= 4 is 27.7 Å². The topological polar surface area (TPSA) is 72.6 Å². The molecule has 0 aliphatic carbocycles. The molecule has 154 valence electrons. The third kappa shape index (κ3) is 6.19. The summed E-state index contributed by atoms with van der Waals surface area (Å²) in [6, 6.07) is 25.4. The minimum Gasteiger partial charge on any atom is -0.483 e. The van der Waals surface area contributed by atoms with Crippen LogP contribution in [0.5, 0.6) is 5.75 Å². The Morgan fingerprint density at radius 1 is 0.900 bits per heavy atom. The van der Waals surface area contributed by atoms with Gasteiger partial charge in [0.25, 0.3) is 5.91 Å². The van der Waals surface area contributed by atoms with Crippen molar-refractivity contribution in [2.75, 3.05) is 13.2 Å². The Balaban J connectivity index is 1.66. The molecule has 0 aliphatic heterocycles. The lowest BCUT2D eigenvalue weighted by Crippen LogP contribution is -2.36. The first-order valence-electron chi connectivity index (χ1n) is 9.60. The lowest BCUT2D eigenvalue weighted by molar-refractivity contribution is -0.134. The summed E-state index contributed by atoms with van der Waals surface area (Å²) >= 11 is 3.52. The molecule has 0 spiro atoms. The normalized spacial score (nSPS) is 10.4. The van der Waals surface area contributed by atoms with Crippen molar-refractivity contribution in [1.82, 2.24) is 4.90 Å². The molecule has 5 nitrogen and oxygen atoms in total. The molecule has 0 saturated heterocycles. The van der Waals surface area contributed by atoms with Gasteiger partial charge in [0, 0.05) is 19.5 Å². The van der Waals surface area contributed by atoms with Crippen LogP contribution in [-0.2, 0) is 16.1 Å². The molecule has 0 unspecified atom stereocenters. The average Bonchev–Trinajstić information content (AvgIpc) is 2.76. The number of amides is 2. The van der Waals surface area contributed by atoms with Gasteiger partial charge in [-0.2, -0.15) is 0 Å². The maximum atomic E-state index is 12.8. The summed E-state index contributed by atoms with van der Waals surface area (Å²) in [5.74, 6) is -0.0715. The van der Waals surface area contributed by atoms with Gasteiger partial charge in [-0.25, -0.2) is 0 Å². The van der Waals surface area contributed by atoms with E-state index in [9.17, 15) is 9.59 Å². The second kappa shape index (κ2) is 10.6. The summed E-state index contributed by atoms with van der Waals surface area (Å²) in [6.45, 7) is 0.514. The molecule has 0 atom stereocenters. The van der Waals surface area contributed by atoms with Gasteiger partial charge < -0.3 is 15.4 Å². The molecule has 0 bridgehead atoms. The maximum Gasteiger partial charge on any atom is 0.260 e. The van der Waals surface area contributed by atoms with E-state index in [0.717, 1.165) is 21.2 Å². The minimum atomic E-state index is -0.443. The van der Waals surface area contributed by atoms with Crippen molar-refractivity contribution in [2.45, 2.75) is 13.0 Å². The predicted molar refractivity (Wildman–Crippen MR) is 121 cm³/mol. The fraction of sp³-hybridized carbons (Fsp3) is 0.167. The van der Waals surface area contributed by atoms with E-state index < -0.39 is 5.91 Å². The first-order chi connectivity index (χ1) is 14.5. The van der Waals surface area contributed by atoms with Crippen LogP contribution in [0.3, 0.4) is 0 Å². The second-order valence-electron chi connectivity index (χ2n) is 6.82. The van der Waals surface area contributed by atoms with Gasteiger partial charge in [0.15, 0.2) is 6.61 Å². The van der Waals surface area contributed by atoms with Gasteiger partial charge in [-0.15, -0.1) is 0 Å². The number of benzene rings is 3. The van der Waals surface area contributed by atoms with E-state index in [1.54, 1.807) is 4.90 Å². The van der Waals surface area contributed by atoms with E-state index >= 15 is 0 Å². The van der Waals surface area contributed by atoms with Crippen molar-refractivity contribution < 1.29 is 14.3 Å². The average molecular weight is 467 g/mol. The molecule has 3 aromatic rings. The Hall–Kier alpha value is -3.12. The first kappa shape index (κ1) is 21.6. The number of nitrogens with two attached hydrogens (primary N) is 1. The van der Waals surface area contributed by atoms with Crippen LogP contribution in [0.4, 0.5) is 0 Å². The summed E-state index contributed by atoms with van der Waals surface area (Å²) < 4.78 is 6.53. The number of hydrogen-bond acceptors (Lipinski definition) is 3. The van der Waals surface area contributed by atoms with E-state index in [0.29, 0.717) is 12.3 Å². The van der Waals surface area contributed by atoms with Crippen LogP contribution >= 0.6 is 15.9 Å². The lowest BCUT2D eigenvalue weighted by Gasteiger charge is -2.22. The van der Waals surface area contributed by atoms with Crippen molar-refractivity contribution in [3.63, 3.8) is 0 Å². The summed E-state index contributed by atoms with van der Waals surface area (Å²) in [7, 11) is 0.